The van der Waals surface area contributed by atoms with Crippen molar-refractivity contribution in [2.24, 2.45) is 5.92 Å². The van der Waals surface area contributed by atoms with E-state index >= 15 is 0 Å². The van der Waals surface area contributed by atoms with Crippen LogP contribution in [-0.4, -0.2) is 17.6 Å². The highest BCUT2D eigenvalue weighted by Gasteiger charge is 2.16. The van der Waals surface area contributed by atoms with E-state index in [4.69, 9.17) is 16.7 Å². The van der Waals surface area contributed by atoms with Gasteiger partial charge in [-0.05, 0) is 24.5 Å². The van der Waals surface area contributed by atoms with Crippen LogP contribution in [0.2, 0.25) is 5.02 Å². The number of rotatable bonds is 5. The summed E-state index contributed by atoms with van der Waals surface area (Å²) in [6.07, 6.45) is 6.39. The quantitative estimate of drug-likeness (QED) is 0.847. The Morgan fingerprint density at radius 1 is 1.39 bits per heavy atom. The molecule has 2 rings (SSSR count). The predicted molar refractivity (Wildman–Crippen MR) is 73.5 cm³/mol. The van der Waals surface area contributed by atoms with Gasteiger partial charge in [-0.1, -0.05) is 43.4 Å². The maximum atomic E-state index is 11.1. The molecular formula is C14H18ClNO2. The van der Waals surface area contributed by atoms with Gasteiger partial charge in [0.05, 0.1) is 10.7 Å². The summed E-state index contributed by atoms with van der Waals surface area (Å²) in [5, 5.41) is 12.6. The molecule has 1 fully saturated rings. The second kappa shape index (κ2) is 6.10. The van der Waals surface area contributed by atoms with Crippen molar-refractivity contribution >= 4 is 23.3 Å². The summed E-state index contributed by atoms with van der Waals surface area (Å²) in [4.78, 5) is 11.1. The van der Waals surface area contributed by atoms with E-state index in [1.54, 1.807) is 18.2 Å². The van der Waals surface area contributed by atoms with Crippen molar-refractivity contribution in [2.75, 3.05) is 11.9 Å². The maximum absolute atomic E-state index is 11.1. The molecule has 0 saturated heterocycles. The normalized spacial score (nSPS) is 15.8. The number of carboxylic acid groups (broad SMARTS) is 1. The van der Waals surface area contributed by atoms with Crippen LogP contribution in [0.25, 0.3) is 0 Å². The van der Waals surface area contributed by atoms with Crippen LogP contribution in [0.1, 0.15) is 42.5 Å². The van der Waals surface area contributed by atoms with Crippen LogP contribution in [0.4, 0.5) is 5.69 Å². The molecule has 0 radical (unpaired) electrons. The topological polar surface area (TPSA) is 49.3 Å². The Kier molecular flexibility index (Phi) is 4.48. The molecule has 0 aliphatic heterocycles. The molecule has 1 aromatic rings. The van der Waals surface area contributed by atoms with E-state index in [1.807, 2.05) is 0 Å². The Hall–Kier alpha value is -1.22. The Balaban J connectivity index is 1.96. The van der Waals surface area contributed by atoms with Gasteiger partial charge in [-0.25, -0.2) is 4.79 Å². The Bertz CT molecular complexity index is 428. The van der Waals surface area contributed by atoms with Crippen LogP contribution in [0.3, 0.4) is 0 Å². The molecule has 0 heterocycles. The van der Waals surface area contributed by atoms with Crippen molar-refractivity contribution < 1.29 is 9.90 Å². The molecule has 2 N–H and O–H groups in total. The molecule has 0 atom stereocenters. The van der Waals surface area contributed by atoms with E-state index in [1.165, 1.54) is 25.7 Å². The van der Waals surface area contributed by atoms with Gasteiger partial charge in [0.25, 0.3) is 0 Å². The summed E-state index contributed by atoms with van der Waals surface area (Å²) in [5.74, 6) is -0.186. The summed E-state index contributed by atoms with van der Waals surface area (Å²) >= 11 is 5.91. The standard InChI is InChI=1S/C14H18ClNO2/c15-11-6-3-7-12(13(11)14(17)18)16-9-8-10-4-1-2-5-10/h3,6-7,10,16H,1-2,4-5,8-9H2,(H,17,18). The van der Waals surface area contributed by atoms with E-state index in [-0.39, 0.29) is 10.6 Å². The zero-order chi connectivity index (χ0) is 13.0. The third-order valence-corrected chi connectivity index (χ3v) is 3.89. The lowest BCUT2D eigenvalue weighted by atomic mass is 10.0. The first-order valence-electron chi connectivity index (χ1n) is 6.44. The number of aromatic carboxylic acids is 1. The fourth-order valence-electron chi connectivity index (χ4n) is 2.60. The SMILES string of the molecule is O=C(O)c1c(Cl)cccc1NCCC1CCCC1. The molecule has 1 aliphatic carbocycles. The molecule has 1 saturated carbocycles. The van der Waals surface area contributed by atoms with E-state index in [0.717, 1.165) is 18.9 Å². The monoisotopic (exact) mass is 267 g/mol. The van der Waals surface area contributed by atoms with Crippen molar-refractivity contribution in [3.05, 3.63) is 28.8 Å². The van der Waals surface area contributed by atoms with Gasteiger partial charge in [0.1, 0.15) is 5.56 Å². The van der Waals surface area contributed by atoms with E-state index in [2.05, 4.69) is 5.32 Å². The first-order valence-corrected chi connectivity index (χ1v) is 6.82. The fraction of sp³-hybridized carbons (Fsp3) is 0.500. The molecule has 0 bridgehead atoms. The van der Waals surface area contributed by atoms with Crippen molar-refractivity contribution in [3.8, 4) is 0 Å². The minimum absolute atomic E-state index is 0.172. The fourth-order valence-corrected chi connectivity index (χ4v) is 2.85. The minimum atomic E-state index is -0.982. The van der Waals surface area contributed by atoms with Crippen LogP contribution < -0.4 is 5.32 Å². The molecule has 0 aromatic heterocycles. The average Bonchev–Trinajstić information content (AvgIpc) is 2.81. The summed E-state index contributed by atoms with van der Waals surface area (Å²) in [6, 6.07) is 5.14. The van der Waals surface area contributed by atoms with Crippen molar-refractivity contribution in [1.82, 2.24) is 0 Å². The second-order valence-electron chi connectivity index (χ2n) is 4.83. The van der Waals surface area contributed by atoms with Gasteiger partial charge in [-0.2, -0.15) is 0 Å². The Labute approximate surface area is 112 Å². The zero-order valence-corrected chi connectivity index (χ0v) is 11.0. The van der Waals surface area contributed by atoms with Gasteiger partial charge >= 0.3 is 5.97 Å². The van der Waals surface area contributed by atoms with Gasteiger partial charge in [0.2, 0.25) is 0 Å². The van der Waals surface area contributed by atoms with Crippen LogP contribution in [0, 0.1) is 5.92 Å². The van der Waals surface area contributed by atoms with Gasteiger partial charge in [0.15, 0.2) is 0 Å². The lowest BCUT2D eigenvalue weighted by Gasteiger charge is -2.13. The van der Waals surface area contributed by atoms with Crippen molar-refractivity contribution in [1.29, 1.82) is 0 Å². The van der Waals surface area contributed by atoms with Crippen LogP contribution in [0.15, 0.2) is 18.2 Å². The Morgan fingerprint density at radius 2 is 2.11 bits per heavy atom. The summed E-state index contributed by atoms with van der Waals surface area (Å²) < 4.78 is 0. The van der Waals surface area contributed by atoms with Crippen LogP contribution in [-0.2, 0) is 0 Å². The highest BCUT2D eigenvalue weighted by molar-refractivity contribution is 6.34. The molecule has 0 unspecified atom stereocenters. The number of nitrogens with one attached hydrogen (secondary N) is 1. The number of hydrogen-bond donors (Lipinski definition) is 2. The lowest BCUT2D eigenvalue weighted by Crippen LogP contribution is -2.10. The number of benzene rings is 1. The number of halogens is 1. The lowest BCUT2D eigenvalue weighted by molar-refractivity contribution is 0.0698. The van der Waals surface area contributed by atoms with E-state index in [9.17, 15) is 4.79 Å². The highest BCUT2D eigenvalue weighted by atomic mass is 35.5. The molecule has 98 valence electrons. The largest absolute Gasteiger partial charge is 0.478 e. The highest BCUT2D eigenvalue weighted by Crippen LogP contribution is 2.28. The third-order valence-electron chi connectivity index (χ3n) is 3.57. The second-order valence-corrected chi connectivity index (χ2v) is 5.24. The zero-order valence-electron chi connectivity index (χ0n) is 10.3. The molecule has 18 heavy (non-hydrogen) atoms. The van der Waals surface area contributed by atoms with Gasteiger partial charge in [-0.3, -0.25) is 0 Å². The minimum Gasteiger partial charge on any atom is -0.478 e. The summed E-state index contributed by atoms with van der Waals surface area (Å²) in [5.41, 5.74) is 0.790. The first-order chi connectivity index (χ1) is 8.68. The molecule has 1 aliphatic rings. The smallest absolute Gasteiger partial charge is 0.339 e. The number of anilines is 1. The first kappa shape index (κ1) is 13.2. The van der Waals surface area contributed by atoms with Gasteiger partial charge in [-0.15, -0.1) is 0 Å². The summed E-state index contributed by atoms with van der Waals surface area (Å²) in [7, 11) is 0. The van der Waals surface area contributed by atoms with Crippen molar-refractivity contribution in [2.45, 2.75) is 32.1 Å². The molecule has 3 nitrogen and oxygen atoms in total. The number of carbonyl (C=O) groups is 1. The molecule has 4 heteroatoms. The maximum Gasteiger partial charge on any atom is 0.339 e. The predicted octanol–water partition coefficient (Wildman–Crippen LogP) is 4.03. The number of carboxylic acids is 1. The molecular weight excluding hydrogens is 250 g/mol. The van der Waals surface area contributed by atoms with Gasteiger partial charge in [0, 0.05) is 6.54 Å². The van der Waals surface area contributed by atoms with E-state index < -0.39 is 5.97 Å². The molecule has 0 amide bonds. The van der Waals surface area contributed by atoms with Crippen LogP contribution >= 0.6 is 11.6 Å². The van der Waals surface area contributed by atoms with Crippen molar-refractivity contribution in [3.63, 3.8) is 0 Å². The molecule has 0 spiro atoms. The summed E-state index contributed by atoms with van der Waals surface area (Å²) in [6.45, 7) is 0.811. The van der Waals surface area contributed by atoms with E-state index in [0.29, 0.717) is 5.69 Å². The van der Waals surface area contributed by atoms with Crippen LogP contribution in [0.5, 0.6) is 0 Å². The third kappa shape index (κ3) is 3.16. The molecule has 1 aromatic carbocycles. The van der Waals surface area contributed by atoms with Gasteiger partial charge < -0.3 is 10.4 Å². The Morgan fingerprint density at radius 3 is 2.78 bits per heavy atom. The average molecular weight is 268 g/mol. The number of hydrogen-bond acceptors (Lipinski definition) is 2.